The zero-order chi connectivity index (χ0) is 21.2. The molecule has 0 spiro atoms. The summed E-state index contributed by atoms with van der Waals surface area (Å²) in [7, 11) is 2.98. The van der Waals surface area contributed by atoms with Gasteiger partial charge in [0, 0.05) is 13.0 Å². The van der Waals surface area contributed by atoms with Crippen LogP contribution < -0.4 is 9.47 Å². The summed E-state index contributed by atoms with van der Waals surface area (Å²) in [6, 6.07) is 5.60. The van der Waals surface area contributed by atoms with Crippen LogP contribution in [0.15, 0.2) is 23.1 Å². The molecule has 0 radical (unpaired) electrons. The molecule has 2 rings (SSSR count). The van der Waals surface area contributed by atoms with Crippen LogP contribution in [-0.4, -0.2) is 48.5 Å². The van der Waals surface area contributed by atoms with Crippen LogP contribution in [0.4, 0.5) is 0 Å². The topological polar surface area (TPSA) is 65.1 Å². The van der Waals surface area contributed by atoms with Crippen LogP contribution >= 0.6 is 24.0 Å². The molecule has 0 bridgehead atoms. The number of rotatable bonds is 11. The number of thiocarbonyl (C=S) groups is 1. The Morgan fingerprint density at radius 3 is 2.69 bits per heavy atom. The van der Waals surface area contributed by atoms with E-state index in [4.69, 9.17) is 21.7 Å². The lowest BCUT2D eigenvalue weighted by molar-refractivity contribution is -0.140. The number of carbonyl (C=O) groups excluding carboxylic acids is 2. The minimum atomic E-state index is -0.208. The van der Waals surface area contributed by atoms with Gasteiger partial charge in [-0.15, -0.1) is 0 Å². The third kappa shape index (κ3) is 6.75. The molecular formula is C21H27NO5S2. The van der Waals surface area contributed by atoms with Gasteiger partial charge in [0.2, 0.25) is 0 Å². The van der Waals surface area contributed by atoms with Gasteiger partial charge in [-0.3, -0.25) is 14.5 Å². The van der Waals surface area contributed by atoms with Crippen LogP contribution in [0, 0.1) is 0 Å². The van der Waals surface area contributed by atoms with E-state index in [1.54, 1.807) is 12.0 Å². The second kappa shape index (κ2) is 11.8. The highest BCUT2D eigenvalue weighted by Crippen LogP contribution is 2.35. The number of unbranched alkanes of at least 4 members (excludes halogenated alkanes) is 2. The van der Waals surface area contributed by atoms with Crippen LogP contribution in [0.1, 0.15) is 44.6 Å². The van der Waals surface area contributed by atoms with Gasteiger partial charge in [0.25, 0.3) is 5.91 Å². The Hall–Kier alpha value is -2.06. The number of methoxy groups -OCH3 is 2. The Kier molecular flexibility index (Phi) is 9.47. The van der Waals surface area contributed by atoms with Crippen molar-refractivity contribution in [2.24, 2.45) is 0 Å². The highest BCUT2D eigenvalue weighted by atomic mass is 32.2. The minimum Gasteiger partial charge on any atom is -0.493 e. The zero-order valence-electron chi connectivity index (χ0n) is 17.1. The fourth-order valence-corrected chi connectivity index (χ4v) is 4.08. The first-order chi connectivity index (χ1) is 14.0. The number of esters is 1. The normalized spacial score (nSPS) is 15.1. The number of ether oxygens (including phenoxy) is 3. The third-order valence-corrected chi connectivity index (χ3v) is 5.69. The monoisotopic (exact) mass is 437 g/mol. The molecule has 29 heavy (non-hydrogen) atoms. The van der Waals surface area contributed by atoms with Gasteiger partial charge < -0.3 is 14.2 Å². The van der Waals surface area contributed by atoms with Crippen LogP contribution in [0.3, 0.4) is 0 Å². The van der Waals surface area contributed by atoms with Crippen molar-refractivity contribution in [3.05, 3.63) is 28.7 Å². The van der Waals surface area contributed by atoms with E-state index in [2.05, 4.69) is 4.74 Å². The molecule has 1 saturated heterocycles. The van der Waals surface area contributed by atoms with E-state index in [9.17, 15) is 9.59 Å². The fourth-order valence-electron chi connectivity index (χ4n) is 2.77. The summed E-state index contributed by atoms with van der Waals surface area (Å²) in [5, 5.41) is 0. The van der Waals surface area contributed by atoms with Gasteiger partial charge in [-0.05, 0) is 43.0 Å². The van der Waals surface area contributed by atoms with Crippen LogP contribution in [0.25, 0.3) is 6.08 Å². The summed E-state index contributed by atoms with van der Waals surface area (Å²) in [6.45, 7) is 3.21. The Labute approximate surface area is 181 Å². The van der Waals surface area contributed by atoms with E-state index in [0.29, 0.717) is 40.3 Å². The van der Waals surface area contributed by atoms with Crippen molar-refractivity contribution < 1.29 is 23.8 Å². The summed E-state index contributed by atoms with van der Waals surface area (Å²) in [5.41, 5.74) is 0.851. The second-order valence-electron chi connectivity index (χ2n) is 6.48. The average Bonchev–Trinajstić information content (AvgIpc) is 2.99. The first-order valence-electron chi connectivity index (χ1n) is 9.63. The molecule has 0 N–H and O–H groups in total. The molecule has 6 nitrogen and oxygen atoms in total. The van der Waals surface area contributed by atoms with Crippen LogP contribution in [0.5, 0.6) is 11.5 Å². The van der Waals surface area contributed by atoms with E-state index < -0.39 is 0 Å². The fraction of sp³-hybridized carbons (Fsp3) is 0.476. The molecule has 1 aliphatic rings. The van der Waals surface area contributed by atoms with Crippen LogP contribution in [-0.2, 0) is 14.3 Å². The molecule has 1 aliphatic heterocycles. The molecule has 1 heterocycles. The molecule has 0 saturated carbocycles. The highest BCUT2D eigenvalue weighted by Gasteiger charge is 2.31. The molecule has 158 valence electrons. The van der Waals surface area contributed by atoms with Crippen molar-refractivity contribution in [2.45, 2.75) is 39.0 Å². The van der Waals surface area contributed by atoms with E-state index in [1.165, 1.54) is 18.9 Å². The van der Waals surface area contributed by atoms with Gasteiger partial charge in [0.15, 0.2) is 11.5 Å². The van der Waals surface area contributed by atoms with Crippen molar-refractivity contribution >= 4 is 46.3 Å². The Morgan fingerprint density at radius 1 is 1.21 bits per heavy atom. The molecule has 1 aromatic carbocycles. The second-order valence-corrected chi connectivity index (χ2v) is 8.15. The van der Waals surface area contributed by atoms with Gasteiger partial charge in [-0.25, -0.2) is 0 Å². The summed E-state index contributed by atoms with van der Waals surface area (Å²) < 4.78 is 16.3. The predicted molar refractivity (Wildman–Crippen MR) is 119 cm³/mol. The van der Waals surface area contributed by atoms with Gasteiger partial charge in [-0.1, -0.05) is 43.4 Å². The third-order valence-electron chi connectivity index (χ3n) is 4.31. The molecule has 1 aromatic rings. The van der Waals surface area contributed by atoms with E-state index >= 15 is 0 Å². The van der Waals surface area contributed by atoms with Crippen LogP contribution in [0.2, 0.25) is 0 Å². The van der Waals surface area contributed by atoms with Gasteiger partial charge in [0.05, 0.1) is 25.7 Å². The average molecular weight is 438 g/mol. The maximum absolute atomic E-state index is 12.7. The van der Waals surface area contributed by atoms with Crippen molar-refractivity contribution in [1.82, 2.24) is 4.90 Å². The minimum absolute atomic E-state index is 0.0850. The van der Waals surface area contributed by atoms with E-state index in [-0.39, 0.29) is 11.9 Å². The number of hydrogen-bond acceptors (Lipinski definition) is 7. The van der Waals surface area contributed by atoms with Crippen molar-refractivity contribution in [3.8, 4) is 11.5 Å². The zero-order valence-corrected chi connectivity index (χ0v) is 18.7. The lowest BCUT2D eigenvalue weighted by atomic mass is 10.1. The summed E-state index contributed by atoms with van der Waals surface area (Å²) in [5.74, 6) is 1.03. The standard InChI is InChI=1S/C21H27NO5S2/c1-4-12-27-16-10-9-15(13-17(16)25-2)14-18-20(24)22(21(28)29-18)11-7-5-6-8-19(23)26-3/h9-10,13-14H,4-8,11-12H2,1-3H3. The quantitative estimate of drug-likeness (QED) is 0.220. The lowest BCUT2D eigenvalue weighted by Crippen LogP contribution is -2.29. The first kappa shape index (κ1) is 23.2. The van der Waals surface area contributed by atoms with Crippen molar-refractivity contribution in [2.75, 3.05) is 27.4 Å². The number of amides is 1. The largest absolute Gasteiger partial charge is 0.493 e. The number of nitrogens with zero attached hydrogens (tertiary/aromatic N) is 1. The molecule has 0 aromatic heterocycles. The Morgan fingerprint density at radius 2 is 2.00 bits per heavy atom. The Bertz CT molecular complexity index is 778. The summed E-state index contributed by atoms with van der Waals surface area (Å²) >= 11 is 6.68. The molecule has 0 atom stereocenters. The SMILES string of the molecule is CCCOc1ccc(C=C2SC(=S)N(CCCCCC(=O)OC)C2=O)cc1OC. The van der Waals surface area contributed by atoms with Crippen molar-refractivity contribution in [3.63, 3.8) is 0 Å². The number of benzene rings is 1. The number of thioether (sulfide) groups is 1. The summed E-state index contributed by atoms with van der Waals surface area (Å²) in [6.07, 6.45) is 5.49. The molecule has 1 fully saturated rings. The Balaban J connectivity index is 1.97. The van der Waals surface area contributed by atoms with Gasteiger partial charge >= 0.3 is 5.97 Å². The van der Waals surface area contributed by atoms with Crippen molar-refractivity contribution in [1.29, 1.82) is 0 Å². The summed E-state index contributed by atoms with van der Waals surface area (Å²) in [4.78, 5) is 26.1. The molecule has 0 unspecified atom stereocenters. The lowest BCUT2D eigenvalue weighted by Gasteiger charge is -2.14. The van der Waals surface area contributed by atoms with E-state index in [1.807, 2.05) is 31.2 Å². The highest BCUT2D eigenvalue weighted by molar-refractivity contribution is 8.26. The maximum atomic E-state index is 12.7. The van der Waals surface area contributed by atoms with Gasteiger partial charge in [-0.2, -0.15) is 0 Å². The molecular weight excluding hydrogens is 410 g/mol. The van der Waals surface area contributed by atoms with Gasteiger partial charge in [0.1, 0.15) is 4.32 Å². The first-order valence-corrected chi connectivity index (χ1v) is 10.9. The number of carbonyl (C=O) groups is 2. The maximum Gasteiger partial charge on any atom is 0.305 e. The predicted octanol–water partition coefficient (Wildman–Crippen LogP) is 4.42. The molecule has 1 amide bonds. The molecule has 8 heteroatoms. The molecule has 0 aliphatic carbocycles. The number of hydrogen-bond donors (Lipinski definition) is 0. The van der Waals surface area contributed by atoms with E-state index in [0.717, 1.165) is 31.2 Å². The smallest absolute Gasteiger partial charge is 0.305 e.